The summed E-state index contributed by atoms with van der Waals surface area (Å²) in [6.45, 7) is 12.3. The SMILES string of the molecule is C=CCN(C(=O)C(Cc1ccc(O)cc1)NC(=O)OC(C)(C)C)C(C(=O)NCC(=O)OC)c1ccc(C)c(C)c1. The molecule has 2 atom stereocenters. The number of carbonyl (C=O) groups is 4. The van der Waals surface area contributed by atoms with E-state index in [1.807, 2.05) is 19.9 Å². The second kappa shape index (κ2) is 14.2. The zero-order valence-corrected chi connectivity index (χ0v) is 23.9. The molecule has 0 heterocycles. The number of aryl methyl sites for hydroxylation is 2. The van der Waals surface area contributed by atoms with Crippen molar-refractivity contribution in [3.63, 3.8) is 0 Å². The third kappa shape index (κ3) is 9.44. The molecule has 0 radical (unpaired) electrons. The van der Waals surface area contributed by atoms with Crippen molar-refractivity contribution in [3.8, 4) is 5.75 Å². The number of methoxy groups -OCH3 is 1. The summed E-state index contributed by atoms with van der Waals surface area (Å²) in [5.74, 6) is -1.78. The van der Waals surface area contributed by atoms with Gasteiger partial charge in [-0.3, -0.25) is 14.4 Å². The summed E-state index contributed by atoms with van der Waals surface area (Å²) in [6.07, 6.45) is 0.723. The lowest BCUT2D eigenvalue weighted by Crippen LogP contribution is -2.54. The maximum Gasteiger partial charge on any atom is 0.408 e. The Bertz CT molecular complexity index is 1220. The van der Waals surface area contributed by atoms with Gasteiger partial charge in [-0.2, -0.15) is 0 Å². The van der Waals surface area contributed by atoms with Crippen molar-refractivity contribution in [3.05, 3.63) is 77.4 Å². The van der Waals surface area contributed by atoms with E-state index in [0.29, 0.717) is 11.1 Å². The van der Waals surface area contributed by atoms with Gasteiger partial charge in [-0.15, -0.1) is 6.58 Å². The van der Waals surface area contributed by atoms with Crippen LogP contribution in [-0.4, -0.2) is 65.7 Å². The minimum atomic E-state index is -1.16. The van der Waals surface area contributed by atoms with Crippen molar-refractivity contribution < 1.29 is 33.8 Å². The molecule has 216 valence electrons. The molecule has 0 fully saturated rings. The number of ether oxygens (including phenoxy) is 2. The fourth-order valence-corrected chi connectivity index (χ4v) is 3.92. The van der Waals surface area contributed by atoms with E-state index in [1.54, 1.807) is 45.0 Å². The number of phenols is 1. The van der Waals surface area contributed by atoms with Crippen LogP contribution in [0.15, 0.2) is 55.1 Å². The first kappa shape index (κ1) is 31.9. The maximum absolute atomic E-state index is 14.2. The zero-order chi connectivity index (χ0) is 30.0. The number of benzene rings is 2. The van der Waals surface area contributed by atoms with Crippen LogP contribution in [0.5, 0.6) is 5.75 Å². The van der Waals surface area contributed by atoms with E-state index in [-0.39, 0.29) is 25.3 Å². The molecule has 2 aromatic carbocycles. The van der Waals surface area contributed by atoms with Crippen LogP contribution in [0.3, 0.4) is 0 Å². The van der Waals surface area contributed by atoms with Gasteiger partial charge >= 0.3 is 12.1 Å². The molecule has 3 amide bonds. The fraction of sp³-hybridized carbons (Fsp3) is 0.400. The van der Waals surface area contributed by atoms with Crippen molar-refractivity contribution in [2.45, 2.75) is 58.7 Å². The molecule has 0 saturated carbocycles. The van der Waals surface area contributed by atoms with Crippen LogP contribution in [0.1, 0.15) is 49.1 Å². The quantitative estimate of drug-likeness (QED) is 0.286. The number of rotatable bonds is 11. The van der Waals surface area contributed by atoms with Crippen LogP contribution in [-0.2, 0) is 30.3 Å². The number of nitrogens with zero attached hydrogens (tertiary/aromatic N) is 1. The normalized spacial score (nSPS) is 12.4. The average molecular weight is 554 g/mol. The highest BCUT2D eigenvalue weighted by Gasteiger charge is 2.36. The molecule has 10 heteroatoms. The average Bonchev–Trinajstić information content (AvgIpc) is 2.88. The standard InChI is InChI=1S/C30H39N3O7/c1-8-15-33(26(27(36)31-18-25(35)39-7)22-12-9-19(2)20(3)16-22)28(37)24(32-29(38)40-30(4,5)6)17-21-10-13-23(34)14-11-21/h8-14,16,24,26,34H,1,15,17-18H2,2-7H3,(H,31,36)(H,32,38). The molecule has 0 bridgehead atoms. The number of hydrogen-bond acceptors (Lipinski definition) is 7. The van der Waals surface area contributed by atoms with Crippen molar-refractivity contribution in [2.24, 2.45) is 0 Å². The number of esters is 1. The summed E-state index contributed by atoms with van der Waals surface area (Å²) >= 11 is 0. The summed E-state index contributed by atoms with van der Waals surface area (Å²) in [4.78, 5) is 53.5. The van der Waals surface area contributed by atoms with Crippen LogP contribution < -0.4 is 10.6 Å². The molecule has 0 aliphatic heterocycles. The molecule has 0 aliphatic rings. The van der Waals surface area contributed by atoms with Crippen molar-refractivity contribution in [1.82, 2.24) is 15.5 Å². The Morgan fingerprint density at radius 3 is 2.25 bits per heavy atom. The first-order valence-electron chi connectivity index (χ1n) is 12.9. The van der Waals surface area contributed by atoms with Gasteiger partial charge in [-0.1, -0.05) is 36.4 Å². The van der Waals surface area contributed by atoms with Crippen LogP contribution in [0.2, 0.25) is 0 Å². The minimum Gasteiger partial charge on any atom is -0.508 e. The molecule has 0 spiro atoms. The van der Waals surface area contributed by atoms with Gasteiger partial charge in [0.2, 0.25) is 11.8 Å². The molecule has 2 rings (SSSR count). The molecular formula is C30H39N3O7. The van der Waals surface area contributed by atoms with Gasteiger partial charge in [-0.05, 0) is 69.0 Å². The minimum absolute atomic E-state index is 0.0376. The second-order valence-corrected chi connectivity index (χ2v) is 10.4. The van der Waals surface area contributed by atoms with Crippen LogP contribution in [0.25, 0.3) is 0 Å². The van der Waals surface area contributed by atoms with Gasteiger partial charge < -0.3 is 30.1 Å². The number of amides is 3. The Labute approximate surface area is 235 Å². The Morgan fingerprint density at radius 1 is 1.05 bits per heavy atom. The molecule has 0 aromatic heterocycles. The number of alkyl carbamates (subject to hydrolysis) is 1. The van der Waals surface area contributed by atoms with Gasteiger partial charge in [0.1, 0.15) is 30.0 Å². The number of nitrogens with one attached hydrogen (secondary N) is 2. The lowest BCUT2D eigenvalue weighted by molar-refractivity contribution is -0.144. The van der Waals surface area contributed by atoms with Gasteiger partial charge in [-0.25, -0.2) is 4.79 Å². The van der Waals surface area contributed by atoms with Crippen molar-refractivity contribution in [1.29, 1.82) is 0 Å². The Kier molecular flexibility index (Phi) is 11.3. The first-order valence-corrected chi connectivity index (χ1v) is 12.9. The summed E-state index contributed by atoms with van der Waals surface area (Å²) in [5.41, 5.74) is 2.26. The molecule has 10 nitrogen and oxygen atoms in total. The van der Waals surface area contributed by atoms with Crippen LogP contribution in [0.4, 0.5) is 4.79 Å². The van der Waals surface area contributed by atoms with Crippen molar-refractivity contribution in [2.75, 3.05) is 20.2 Å². The molecule has 2 aromatic rings. The van der Waals surface area contributed by atoms with Gasteiger partial charge in [0.15, 0.2) is 0 Å². The van der Waals surface area contributed by atoms with E-state index in [4.69, 9.17) is 4.74 Å². The molecule has 0 aliphatic carbocycles. The lowest BCUT2D eigenvalue weighted by Gasteiger charge is -2.34. The van der Waals surface area contributed by atoms with E-state index in [2.05, 4.69) is 21.9 Å². The van der Waals surface area contributed by atoms with Gasteiger partial charge in [0, 0.05) is 13.0 Å². The lowest BCUT2D eigenvalue weighted by atomic mass is 9.97. The van der Waals surface area contributed by atoms with Crippen LogP contribution >= 0.6 is 0 Å². The topological polar surface area (TPSA) is 134 Å². The Balaban J connectivity index is 2.55. The highest BCUT2D eigenvalue weighted by molar-refractivity contribution is 5.93. The second-order valence-electron chi connectivity index (χ2n) is 10.4. The highest BCUT2D eigenvalue weighted by atomic mass is 16.6. The van der Waals surface area contributed by atoms with E-state index < -0.39 is 41.6 Å². The largest absolute Gasteiger partial charge is 0.508 e. The Morgan fingerprint density at radius 2 is 1.70 bits per heavy atom. The maximum atomic E-state index is 14.2. The Hall–Kier alpha value is -4.34. The highest BCUT2D eigenvalue weighted by Crippen LogP contribution is 2.25. The van der Waals surface area contributed by atoms with Crippen molar-refractivity contribution >= 4 is 23.9 Å². The smallest absolute Gasteiger partial charge is 0.408 e. The molecule has 40 heavy (non-hydrogen) atoms. The fourth-order valence-electron chi connectivity index (χ4n) is 3.92. The predicted octanol–water partition coefficient (Wildman–Crippen LogP) is 3.49. The van der Waals surface area contributed by atoms with Crippen LogP contribution in [0, 0.1) is 13.8 Å². The molecule has 3 N–H and O–H groups in total. The van der Waals surface area contributed by atoms with E-state index >= 15 is 0 Å². The van der Waals surface area contributed by atoms with Gasteiger partial charge in [0.05, 0.1) is 7.11 Å². The third-order valence-corrected chi connectivity index (χ3v) is 6.02. The molecule has 2 unspecified atom stereocenters. The number of hydrogen-bond donors (Lipinski definition) is 3. The predicted molar refractivity (Wildman–Crippen MR) is 151 cm³/mol. The summed E-state index contributed by atoms with van der Waals surface area (Å²) in [6, 6.07) is 9.31. The number of carbonyl (C=O) groups excluding carboxylic acids is 4. The summed E-state index contributed by atoms with van der Waals surface area (Å²) < 4.78 is 10.0. The van der Waals surface area contributed by atoms with E-state index in [0.717, 1.165) is 11.1 Å². The summed E-state index contributed by atoms with van der Waals surface area (Å²) in [7, 11) is 1.21. The number of phenolic OH excluding ortho intramolecular Hbond substituents is 1. The van der Waals surface area contributed by atoms with E-state index in [9.17, 15) is 24.3 Å². The van der Waals surface area contributed by atoms with Gasteiger partial charge in [0.25, 0.3) is 0 Å². The first-order chi connectivity index (χ1) is 18.7. The van der Waals surface area contributed by atoms with E-state index in [1.165, 1.54) is 30.2 Å². The summed E-state index contributed by atoms with van der Waals surface area (Å²) in [5, 5.41) is 14.9. The monoisotopic (exact) mass is 553 g/mol. The third-order valence-electron chi connectivity index (χ3n) is 6.02. The number of aromatic hydroxyl groups is 1. The molecule has 0 saturated heterocycles. The molecular weight excluding hydrogens is 514 g/mol. The zero-order valence-electron chi connectivity index (χ0n) is 23.9.